The molecule has 20 heavy (non-hydrogen) atoms. The molecule has 2 heteroatoms. The van der Waals surface area contributed by atoms with Crippen LogP contribution < -0.4 is 0 Å². The first-order valence-electron chi connectivity index (χ1n) is 6.75. The van der Waals surface area contributed by atoms with Crippen LogP contribution in [0.1, 0.15) is 36.5 Å². The second-order valence-corrected chi connectivity index (χ2v) is 5.84. The number of hydrogen-bond acceptors (Lipinski definition) is 0. The van der Waals surface area contributed by atoms with Gasteiger partial charge in [-0.15, -0.1) is 0 Å². The molecule has 2 aromatic carbocycles. The smallest absolute Gasteiger partial charge is 0.137 e. The van der Waals surface area contributed by atoms with Gasteiger partial charge in [0.1, 0.15) is 5.82 Å². The average Bonchev–Trinajstić information content (AvgIpc) is 2.47. The Kier molecular flexibility index (Phi) is 5.60. The second kappa shape index (κ2) is 7.44. The molecule has 0 radical (unpaired) electrons. The molecule has 102 valence electrons. The first-order chi connectivity index (χ1) is 9.69. The molecule has 0 aliphatic heterocycles. The summed E-state index contributed by atoms with van der Waals surface area (Å²) in [4.78, 5) is 0. The van der Waals surface area contributed by atoms with Gasteiger partial charge in [0.25, 0.3) is 0 Å². The summed E-state index contributed by atoms with van der Waals surface area (Å²) in [5.74, 6) is 5.85. The predicted octanol–water partition coefficient (Wildman–Crippen LogP) is 5.17. The van der Waals surface area contributed by atoms with Gasteiger partial charge >= 0.3 is 0 Å². The highest BCUT2D eigenvalue weighted by molar-refractivity contribution is 14.1. The standard InChI is InChI=1S/C18H16FI/c1-2-3-4-14-5-7-15(8-6-14)9-10-16-11-12-18(20)17(19)13-16/h5-8,11-13H,2-4H2,1H3. The van der Waals surface area contributed by atoms with Gasteiger partial charge < -0.3 is 0 Å². The third-order valence-corrected chi connectivity index (χ3v) is 3.92. The van der Waals surface area contributed by atoms with Crippen molar-refractivity contribution >= 4 is 22.6 Å². The molecule has 0 amide bonds. The molecule has 0 heterocycles. The molecule has 0 bridgehead atoms. The van der Waals surface area contributed by atoms with Crippen LogP contribution in [-0.4, -0.2) is 0 Å². The first-order valence-corrected chi connectivity index (χ1v) is 7.83. The van der Waals surface area contributed by atoms with Crippen LogP contribution in [-0.2, 0) is 6.42 Å². The topological polar surface area (TPSA) is 0 Å². The third-order valence-electron chi connectivity index (χ3n) is 3.04. The maximum atomic E-state index is 13.4. The summed E-state index contributed by atoms with van der Waals surface area (Å²) in [7, 11) is 0. The summed E-state index contributed by atoms with van der Waals surface area (Å²) >= 11 is 1.97. The minimum absolute atomic E-state index is 0.215. The van der Waals surface area contributed by atoms with Gasteiger partial charge in [0.05, 0.1) is 0 Å². The van der Waals surface area contributed by atoms with Gasteiger partial charge in [0, 0.05) is 14.7 Å². The Labute approximate surface area is 133 Å². The van der Waals surface area contributed by atoms with Crippen LogP contribution in [0.15, 0.2) is 42.5 Å². The van der Waals surface area contributed by atoms with Gasteiger partial charge in [-0.1, -0.05) is 37.3 Å². The number of halogens is 2. The van der Waals surface area contributed by atoms with Crippen molar-refractivity contribution in [2.24, 2.45) is 0 Å². The van der Waals surface area contributed by atoms with Crippen LogP contribution in [0.5, 0.6) is 0 Å². The van der Waals surface area contributed by atoms with Gasteiger partial charge in [-0.05, 0) is 71.3 Å². The van der Waals surface area contributed by atoms with Crippen molar-refractivity contribution in [3.63, 3.8) is 0 Å². The molecular formula is C18H16FI. The molecule has 0 N–H and O–H groups in total. The molecule has 0 aliphatic carbocycles. The van der Waals surface area contributed by atoms with Gasteiger partial charge in [-0.25, -0.2) is 4.39 Å². The Morgan fingerprint density at radius 3 is 2.30 bits per heavy atom. The summed E-state index contributed by atoms with van der Waals surface area (Å²) in [6, 6.07) is 13.4. The minimum Gasteiger partial charge on any atom is -0.206 e. The molecule has 2 aromatic rings. The minimum atomic E-state index is -0.215. The first kappa shape index (κ1) is 15.1. The van der Waals surface area contributed by atoms with E-state index in [2.05, 4.69) is 30.9 Å². The fourth-order valence-electron chi connectivity index (χ4n) is 1.85. The highest BCUT2D eigenvalue weighted by Gasteiger charge is 1.98. The summed E-state index contributed by atoms with van der Waals surface area (Å²) in [5, 5.41) is 0. The number of aryl methyl sites for hydroxylation is 1. The lowest BCUT2D eigenvalue weighted by Crippen LogP contribution is -1.85. The van der Waals surface area contributed by atoms with E-state index in [0.29, 0.717) is 9.13 Å². The van der Waals surface area contributed by atoms with E-state index in [1.54, 1.807) is 6.07 Å². The molecule has 0 aliphatic rings. The van der Waals surface area contributed by atoms with Crippen molar-refractivity contribution in [1.29, 1.82) is 0 Å². The monoisotopic (exact) mass is 378 g/mol. The number of hydrogen-bond donors (Lipinski definition) is 0. The zero-order valence-electron chi connectivity index (χ0n) is 11.4. The van der Waals surface area contributed by atoms with E-state index in [0.717, 1.165) is 12.0 Å². The van der Waals surface area contributed by atoms with Crippen molar-refractivity contribution in [1.82, 2.24) is 0 Å². The van der Waals surface area contributed by atoms with Crippen LogP contribution in [0.25, 0.3) is 0 Å². The fourth-order valence-corrected chi connectivity index (χ4v) is 2.19. The quantitative estimate of drug-likeness (QED) is 0.511. The molecule has 0 atom stereocenters. The Bertz CT molecular complexity index is 633. The van der Waals surface area contributed by atoms with Crippen LogP contribution in [0.3, 0.4) is 0 Å². The van der Waals surface area contributed by atoms with Crippen molar-refractivity contribution in [2.45, 2.75) is 26.2 Å². The molecule has 0 nitrogen and oxygen atoms in total. The van der Waals surface area contributed by atoms with Gasteiger partial charge in [-0.3, -0.25) is 0 Å². The lowest BCUT2D eigenvalue weighted by atomic mass is 10.1. The van der Waals surface area contributed by atoms with Crippen molar-refractivity contribution in [2.75, 3.05) is 0 Å². The third kappa shape index (κ3) is 4.35. The van der Waals surface area contributed by atoms with E-state index in [1.807, 2.05) is 40.8 Å². The van der Waals surface area contributed by atoms with E-state index in [1.165, 1.54) is 24.5 Å². The lowest BCUT2D eigenvalue weighted by molar-refractivity contribution is 0.620. The highest BCUT2D eigenvalue weighted by Crippen LogP contribution is 2.12. The Morgan fingerprint density at radius 1 is 1.00 bits per heavy atom. The normalized spacial score (nSPS) is 9.95. The molecule has 0 saturated heterocycles. The number of unbranched alkanes of at least 4 members (excludes halogenated alkanes) is 1. The van der Waals surface area contributed by atoms with Crippen LogP contribution >= 0.6 is 22.6 Å². The molecule has 0 fully saturated rings. The number of rotatable bonds is 3. The summed E-state index contributed by atoms with van der Waals surface area (Å²) < 4.78 is 14.0. The largest absolute Gasteiger partial charge is 0.206 e. The maximum Gasteiger partial charge on any atom is 0.137 e. The zero-order chi connectivity index (χ0) is 14.4. The lowest BCUT2D eigenvalue weighted by Gasteiger charge is -1.99. The number of benzene rings is 2. The SMILES string of the molecule is CCCCc1ccc(C#Cc2ccc(I)c(F)c2)cc1. The maximum absolute atomic E-state index is 13.4. The Hall–Kier alpha value is -1.34. The molecule has 2 rings (SSSR count). The van der Waals surface area contributed by atoms with E-state index < -0.39 is 0 Å². The molecule has 0 saturated carbocycles. The zero-order valence-corrected chi connectivity index (χ0v) is 13.6. The van der Waals surface area contributed by atoms with Crippen LogP contribution in [0.4, 0.5) is 4.39 Å². The highest BCUT2D eigenvalue weighted by atomic mass is 127. The molecule has 0 aromatic heterocycles. The molecule has 0 spiro atoms. The molecular weight excluding hydrogens is 362 g/mol. The van der Waals surface area contributed by atoms with Gasteiger partial charge in [-0.2, -0.15) is 0 Å². The molecule has 0 unspecified atom stereocenters. The summed E-state index contributed by atoms with van der Waals surface area (Å²) in [6.45, 7) is 2.19. The second-order valence-electron chi connectivity index (χ2n) is 4.68. The van der Waals surface area contributed by atoms with E-state index >= 15 is 0 Å². The van der Waals surface area contributed by atoms with E-state index in [-0.39, 0.29) is 5.82 Å². The van der Waals surface area contributed by atoms with Crippen molar-refractivity contribution < 1.29 is 4.39 Å². The van der Waals surface area contributed by atoms with Crippen molar-refractivity contribution in [3.8, 4) is 11.8 Å². The average molecular weight is 378 g/mol. The van der Waals surface area contributed by atoms with Crippen LogP contribution in [0, 0.1) is 21.2 Å². The van der Waals surface area contributed by atoms with Crippen molar-refractivity contribution in [3.05, 3.63) is 68.5 Å². The predicted molar refractivity (Wildman–Crippen MR) is 90.2 cm³/mol. The van der Waals surface area contributed by atoms with E-state index in [9.17, 15) is 4.39 Å². The fraction of sp³-hybridized carbons (Fsp3) is 0.222. The Balaban J connectivity index is 2.10. The van der Waals surface area contributed by atoms with Gasteiger partial charge in [0.15, 0.2) is 0 Å². The summed E-state index contributed by atoms with van der Waals surface area (Å²) in [6.07, 6.45) is 3.54. The Morgan fingerprint density at radius 2 is 1.65 bits per heavy atom. The summed E-state index contributed by atoms with van der Waals surface area (Å²) in [5.41, 5.74) is 3.01. The van der Waals surface area contributed by atoms with Crippen LogP contribution in [0.2, 0.25) is 0 Å². The van der Waals surface area contributed by atoms with E-state index in [4.69, 9.17) is 0 Å². The van der Waals surface area contributed by atoms with Gasteiger partial charge in [0.2, 0.25) is 0 Å².